The molecule has 0 aromatic heterocycles. The van der Waals surface area contributed by atoms with Crippen LogP contribution >= 0.6 is 0 Å². The molecule has 0 unspecified atom stereocenters. The second-order valence-corrected chi connectivity index (χ2v) is 6.42. The summed E-state index contributed by atoms with van der Waals surface area (Å²) in [7, 11) is 0. The molecule has 2 aliphatic rings. The van der Waals surface area contributed by atoms with Gasteiger partial charge in [0.2, 0.25) is 0 Å². The minimum atomic E-state index is -0.443. The molecule has 1 amide bonds. The van der Waals surface area contributed by atoms with Crippen molar-refractivity contribution in [3.8, 4) is 0 Å². The lowest BCUT2D eigenvalue weighted by Gasteiger charge is -2.29. The molecule has 1 spiro atoms. The van der Waals surface area contributed by atoms with Crippen LogP contribution < -0.4 is 0 Å². The second-order valence-electron chi connectivity index (χ2n) is 6.42. The van der Waals surface area contributed by atoms with Gasteiger partial charge in [-0.1, -0.05) is 6.42 Å². The molecule has 1 N–H and O–H groups in total. The number of likely N-dealkylation sites (tertiary alicyclic amines) is 1. The highest BCUT2D eigenvalue weighted by Crippen LogP contribution is 2.45. The summed E-state index contributed by atoms with van der Waals surface area (Å²) in [5.41, 5.74) is -0.488. The van der Waals surface area contributed by atoms with Gasteiger partial charge >= 0.3 is 6.09 Å². The Morgan fingerprint density at radius 1 is 1.41 bits per heavy atom. The van der Waals surface area contributed by atoms with Gasteiger partial charge in [0.1, 0.15) is 5.60 Å². The van der Waals surface area contributed by atoms with Gasteiger partial charge in [-0.2, -0.15) is 0 Å². The van der Waals surface area contributed by atoms with Crippen molar-refractivity contribution in [1.29, 1.82) is 0 Å². The summed E-state index contributed by atoms with van der Waals surface area (Å²) >= 11 is 0. The summed E-state index contributed by atoms with van der Waals surface area (Å²) in [5, 5.41) is 10.0. The van der Waals surface area contributed by atoms with E-state index in [1.54, 1.807) is 4.90 Å². The fourth-order valence-corrected chi connectivity index (χ4v) is 2.97. The van der Waals surface area contributed by atoms with Gasteiger partial charge in [-0.05, 0) is 40.0 Å². The molecular weight excluding hydrogens is 218 g/mol. The molecule has 1 aliphatic carbocycles. The second kappa shape index (κ2) is 4.16. The van der Waals surface area contributed by atoms with Crippen LogP contribution in [0.4, 0.5) is 4.79 Å². The van der Waals surface area contributed by atoms with Crippen molar-refractivity contribution < 1.29 is 14.6 Å². The molecule has 2 rings (SSSR count). The molecule has 1 heterocycles. The van der Waals surface area contributed by atoms with Crippen LogP contribution in [0.3, 0.4) is 0 Å². The van der Waals surface area contributed by atoms with Crippen molar-refractivity contribution in [2.75, 3.05) is 13.1 Å². The molecule has 1 saturated carbocycles. The van der Waals surface area contributed by atoms with Crippen LogP contribution in [0, 0.1) is 5.41 Å². The normalized spacial score (nSPS) is 33.4. The van der Waals surface area contributed by atoms with E-state index in [1.165, 1.54) is 0 Å². The predicted octanol–water partition coefficient (Wildman–Crippen LogP) is 2.16. The fourth-order valence-electron chi connectivity index (χ4n) is 2.97. The molecule has 2 atom stereocenters. The predicted molar refractivity (Wildman–Crippen MR) is 64.7 cm³/mol. The summed E-state index contributed by atoms with van der Waals surface area (Å²) in [4.78, 5) is 13.7. The molecule has 4 nitrogen and oxygen atoms in total. The molecule has 0 aromatic rings. The third-order valence-electron chi connectivity index (χ3n) is 3.90. The first-order valence-electron chi connectivity index (χ1n) is 6.48. The van der Waals surface area contributed by atoms with Crippen LogP contribution in [0.1, 0.15) is 46.5 Å². The summed E-state index contributed by atoms with van der Waals surface area (Å²) in [6.45, 7) is 7.00. The van der Waals surface area contributed by atoms with E-state index in [0.29, 0.717) is 13.1 Å². The standard InChI is InChI=1S/C13H23NO3/c1-12(2,3)17-11(16)14-8-7-13(9-14)6-4-5-10(13)15/h10,15H,4-9H2,1-3H3/t10-,13-/m0/s1. The van der Waals surface area contributed by atoms with Crippen LogP contribution in [0.2, 0.25) is 0 Å². The number of hydrogen-bond acceptors (Lipinski definition) is 3. The largest absolute Gasteiger partial charge is 0.444 e. The summed E-state index contributed by atoms with van der Waals surface area (Å²) < 4.78 is 5.36. The van der Waals surface area contributed by atoms with E-state index in [4.69, 9.17) is 4.74 Å². The van der Waals surface area contributed by atoms with Crippen molar-refractivity contribution in [1.82, 2.24) is 4.90 Å². The molecule has 0 bridgehead atoms. The van der Waals surface area contributed by atoms with Gasteiger partial charge in [0.05, 0.1) is 6.10 Å². The third-order valence-corrected chi connectivity index (χ3v) is 3.90. The first-order chi connectivity index (χ1) is 7.82. The van der Waals surface area contributed by atoms with Crippen LogP contribution in [-0.2, 0) is 4.74 Å². The maximum Gasteiger partial charge on any atom is 0.410 e. The molecule has 1 saturated heterocycles. The number of carbonyl (C=O) groups is 1. The molecule has 0 aromatic carbocycles. The lowest BCUT2D eigenvalue weighted by molar-refractivity contribution is 0.0204. The Morgan fingerprint density at radius 2 is 2.12 bits per heavy atom. The van der Waals surface area contributed by atoms with Crippen molar-refractivity contribution in [2.24, 2.45) is 5.41 Å². The number of rotatable bonds is 0. The van der Waals surface area contributed by atoms with Crippen LogP contribution in [0.15, 0.2) is 0 Å². The molecular formula is C13H23NO3. The Bertz CT molecular complexity index is 310. The lowest BCUT2D eigenvalue weighted by Crippen LogP contribution is -2.39. The van der Waals surface area contributed by atoms with Gasteiger partial charge in [-0.3, -0.25) is 0 Å². The fraction of sp³-hybridized carbons (Fsp3) is 0.923. The molecule has 98 valence electrons. The minimum Gasteiger partial charge on any atom is -0.444 e. The number of hydrogen-bond donors (Lipinski definition) is 1. The van der Waals surface area contributed by atoms with Gasteiger partial charge in [-0.25, -0.2) is 4.79 Å². The van der Waals surface area contributed by atoms with Crippen molar-refractivity contribution in [2.45, 2.75) is 58.2 Å². The van der Waals surface area contributed by atoms with E-state index in [2.05, 4.69) is 0 Å². The molecule has 4 heteroatoms. The maximum atomic E-state index is 11.9. The average Bonchev–Trinajstić information content (AvgIpc) is 2.74. The highest BCUT2D eigenvalue weighted by Gasteiger charge is 2.48. The Hall–Kier alpha value is -0.770. The van der Waals surface area contributed by atoms with Gasteiger partial charge in [0.15, 0.2) is 0 Å². The quantitative estimate of drug-likeness (QED) is 0.707. The van der Waals surface area contributed by atoms with E-state index >= 15 is 0 Å². The summed E-state index contributed by atoms with van der Waals surface area (Å²) in [5.74, 6) is 0. The Labute approximate surface area is 103 Å². The van der Waals surface area contributed by atoms with Gasteiger partial charge < -0.3 is 14.7 Å². The first kappa shape index (κ1) is 12.7. The topological polar surface area (TPSA) is 49.8 Å². The smallest absolute Gasteiger partial charge is 0.410 e. The van der Waals surface area contributed by atoms with Crippen LogP contribution in [0.25, 0.3) is 0 Å². The van der Waals surface area contributed by atoms with E-state index in [9.17, 15) is 9.90 Å². The van der Waals surface area contributed by atoms with E-state index < -0.39 is 5.60 Å². The summed E-state index contributed by atoms with van der Waals surface area (Å²) in [6.07, 6.45) is 3.41. The lowest BCUT2D eigenvalue weighted by atomic mass is 9.83. The number of aliphatic hydroxyl groups is 1. The maximum absolute atomic E-state index is 11.9. The minimum absolute atomic E-state index is 0.0447. The van der Waals surface area contributed by atoms with Crippen molar-refractivity contribution >= 4 is 6.09 Å². The Kier molecular flexibility index (Phi) is 3.10. The SMILES string of the molecule is CC(C)(C)OC(=O)N1CC[C@@]2(CCC[C@@H]2O)C1. The molecule has 0 radical (unpaired) electrons. The zero-order chi connectivity index (χ0) is 12.7. The van der Waals surface area contributed by atoms with Crippen LogP contribution in [-0.4, -0.2) is 40.9 Å². The number of amides is 1. The molecule has 1 aliphatic heterocycles. The monoisotopic (exact) mass is 241 g/mol. The van der Waals surface area contributed by atoms with Crippen LogP contribution in [0.5, 0.6) is 0 Å². The van der Waals surface area contributed by atoms with E-state index in [-0.39, 0.29) is 17.6 Å². The van der Waals surface area contributed by atoms with Gasteiger partial charge in [0, 0.05) is 18.5 Å². The summed E-state index contributed by atoms with van der Waals surface area (Å²) in [6, 6.07) is 0. The Balaban J connectivity index is 1.96. The average molecular weight is 241 g/mol. The van der Waals surface area contributed by atoms with E-state index in [1.807, 2.05) is 20.8 Å². The Morgan fingerprint density at radius 3 is 2.65 bits per heavy atom. The van der Waals surface area contributed by atoms with E-state index in [0.717, 1.165) is 25.7 Å². The molecule has 2 fully saturated rings. The number of carbonyl (C=O) groups excluding carboxylic acids is 1. The van der Waals surface area contributed by atoms with Gasteiger partial charge in [-0.15, -0.1) is 0 Å². The zero-order valence-electron chi connectivity index (χ0n) is 11.0. The zero-order valence-corrected chi connectivity index (χ0v) is 11.0. The number of aliphatic hydroxyl groups excluding tert-OH is 1. The first-order valence-corrected chi connectivity index (χ1v) is 6.48. The number of ether oxygens (including phenoxy) is 1. The highest BCUT2D eigenvalue weighted by molar-refractivity contribution is 5.68. The highest BCUT2D eigenvalue weighted by atomic mass is 16.6. The number of nitrogens with zero attached hydrogens (tertiary/aromatic N) is 1. The molecule has 17 heavy (non-hydrogen) atoms. The van der Waals surface area contributed by atoms with Crippen molar-refractivity contribution in [3.63, 3.8) is 0 Å². The van der Waals surface area contributed by atoms with Gasteiger partial charge in [0.25, 0.3) is 0 Å². The third kappa shape index (κ3) is 2.57. The van der Waals surface area contributed by atoms with Crippen molar-refractivity contribution in [3.05, 3.63) is 0 Å².